The Hall–Kier alpha value is -3.41. The Morgan fingerprint density at radius 3 is 2.61 bits per heavy atom. The summed E-state index contributed by atoms with van der Waals surface area (Å²) in [5.41, 5.74) is 6.27. The summed E-state index contributed by atoms with van der Waals surface area (Å²) >= 11 is 0. The zero-order valence-electron chi connectivity index (χ0n) is 18.1. The summed E-state index contributed by atoms with van der Waals surface area (Å²) in [5.74, 6) is 0.198. The molecule has 164 valence electrons. The van der Waals surface area contributed by atoms with Crippen LogP contribution in [0.5, 0.6) is 0 Å². The number of hydrogen-bond donors (Lipinski definition) is 2. The summed E-state index contributed by atoms with van der Waals surface area (Å²) < 4.78 is 14.1. The summed E-state index contributed by atoms with van der Waals surface area (Å²) in [6.45, 7) is 8.86. The van der Waals surface area contributed by atoms with Crippen LogP contribution in [0.3, 0.4) is 0 Å². The van der Waals surface area contributed by atoms with Crippen LogP contribution in [0, 0.1) is 23.1 Å². The van der Waals surface area contributed by atoms with E-state index in [0.29, 0.717) is 30.2 Å². The summed E-state index contributed by atoms with van der Waals surface area (Å²) in [6, 6.07) is 7.56. The molecule has 31 heavy (non-hydrogen) atoms. The van der Waals surface area contributed by atoms with Gasteiger partial charge in [0.25, 0.3) is 0 Å². The highest BCUT2D eigenvalue weighted by Crippen LogP contribution is 2.31. The molecule has 2 aromatic rings. The maximum atomic E-state index is 14.1. The van der Waals surface area contributed by atoms with Gasteiger partial charge >= 0.3 is 6.09 Å². The van der Waals surface area contributed by atoms with Gasteiger partial charge in [0.1, 0.15) is 17.7 Å². The topological polar surface area (TPSA) is 119 Å². The molecule has 3 N–H and O–H groups in total. The van der Waals surface area contributed by atoms with Gasteiger partial charge in [0.2, 0.25) is 5.95 Å². The lowest BCUT2D eigenvalue weighted by Crippen LogP contribution is -2.58. The Balaban J connectivity index is 1.96. The molecule has 0 radical (unpaired) electrons. The van der Waals surface area contributed by atoms with Crippen molar-refractivity contribution in [2.75, 3.05) is 23.7 Å². The van der Waals surface area contributed by atoms with Crippen molar-refractivity contribution < 1.29 is 14.3 Å². The van der Waals surface area contributed by atoms with E-state index >= 15 is 0 Å². The fourth-order valence-electron chi connectivity index (χ4n) is 4.21. The third kappa shape index (κ3) is 4.85. The molecule has 2 atom stereocenters. The van der Waals surface area contributed by atoms with Crippen molar-refractivity contribution >= 4 is 17.9 Å². The van der Waals surface area contributed by atoms with E-state index in [-0.39, 0.29) is 23.5 Å². The number of rotatable bonds is 3. The summed E-state index contributed by atoms with van der Waals surface area (Å²) in [7, 11) is 0. The molecule has 1 aliphatic rings. The second-order valence-corrected chi connectivity index (χ2v) is 9.00. The first kappa shape index (κ1) is 22.3. The minimum absolute atomic E-state index is 0.0398. The van der Waals surface area contributed by atoms with Crippen LogP contribution < -0.4 is 10.6 Å². The average molecular weight is 426 g/mol. The minimum atomic E-state index is -0.956. The minimum Gasteiger partial charge on any atom is -0.465 e. The molecule has 3 rings (SSSR count). The number of aromatic nitrogens is 2. The number of carboxylic acid groups (broad SMARTS) is 1. The molecule has 0 bridgehead atoms. The smallest absolute Gasteiger partial charge is 0.408 e. The van der Waals surface area contributed by atoms with E-state index in [2.05, 4.69) is 16.9 Å². The molecule has 0 aliphatic carbocycles. The van der Waals surface area contributed by atoms with Crippen LogP contribution in [0.1, 0.15) is 39.7 Å². The van der Waals surface area contributed by atoms with E-state index in [1.54, 1.807) is 18.2 Å². The van der Waals surface area contributed by atoms with Crippen LogP contribution in [0.25, 0.3) is 11.3 Å². The molecule has 1 aromatic heterocycles. The Labute approximate surface area is 181 Å². The van der Waals surface area contributed by atoms with Gasteiger partial charge in [-0.3, -0.25) is 4.90 Å². The normalized spacial score (nSPS) is 19.0. The standard InChI is InChI=1S/C22H27FN6O2/c1-13-7-16(29(21(30)31)22(2,3)4)12-28(11-13)19-9-18(26-20(25)27-19)14-5-6-15(10-24)17(23)8-14/h5-6,8-9,13,16H,7,11-12H2,1-4H3,(H,30,31)(H2,25,26,27)/t13-,16-/m1/s1. The van der Waals surface area contributed by atoms with E-state index in [1.165, 1.54) is 17.0 Å². The molecule has 0 unspecified atom stereocenters. The molecular weight excluding hydrogens is 399 g/mol. The van der Waals surface area contributed by atoms with E-state index < -0.39 is 17.4 Å². The third-order valence-corrected chi connectivity index (χ3v) is 5.37. The second-order valence-electron chi connectivity index (χ2n) is 9.00. The molecule has 1 aliphatic heterocycles. The lowest BCUT2D eigenvalue weighted by Gasteiger charge is -2.46. The van der Waals surface area contributed by atoms with Crippen LogP contribution in [-0.4, -0.2) is 50.7 Å². The first-order chi connectivity index (χ1) is 14.5. The molecule has 9 heteroatoms. The molecule has 1 fully saturated rings. The van der Waals surface area contributed by atoms with Gasteiger partial charge in [-0.25, -0.2) is 14.2 Å². The number of nitrogens with zero attached hydrogens (tertiary/aromatic N) is 5. The number of amides is 1. The number of hydrogen-bond acceptors (Lipinski definition) is 6. The van der Waals surface area contributed by atoms with Crippen molar-refractivity contribution in [2.45, 2.75) is 45.7 Å². The Morgan fingerprint density at radius 2 is 2.03 bits per heavy atom. The Morgan fingerprint density at radius 1 is 1.32 bits per heavy atom. The number of carbonyl (C=O) groups is 1. The highest BCUT2D eigenvalue weighted by Gasteiger charge is 2.38. The quantitative estimate of drug-likeness (QED) is 0.767. The van der Waals surface area contributed by atoms with Crippen LogP contribution >= 0.6 is 0 Å². The van der Waals surface area contributed by atoms with Gasteiger partial charge in [-0.15, -0.1) is 0 Å². The van der Waals surface area contributed by atoms with Gasteiger partial charge in [0.15, 0.2) is 0 Å². The van der Waals surface area contributed by atoms with Crippen molar-refractivity contribution in [3.8, 4) is 17.3 Å². The number of nitrogen functional groups attached to an aromatic ring is 1. The van der Waals surface area contributed by atoms with Crippen molar-refractivity contribution in [3.63, 3.8) is 0 Å². The van der Waals surface area contributed by atoms with Gasteiger partial charge in [-0.1, -0.05) is 13.0 Å². The van der Waals surface area contributed by atoms with Crippen molar-refractivity contribution in [1.82, 2.24) is 14.9 Å². The van der Waals surface area contributed by atoms with Gasteiger partial charge in [-0.2, -0.15) is 10.2 Å². The largest absolute Gasteiger partial charge is 0.465 e. The predicted octanol–water partition coefficient (Wildman–Crippen LogP) is 3.73. The molecule has 8 nitrogen and oxygen atoms in total. The summed E-state index contributed by atoms with van der Waals surface area (Å²) in [5, 5.41) is 18.8. The van der Waals surface area contributed by atoms with Gasteiger partial charge in [-0.05, 0) is 45.2 Å². The first-order valence-corrected chi connectivity index (χ1v) is 10.1. The van der Waals surface area contributed by atoms with E-state index in [9.17, 15) is 14.3 Å². The van der Waals surface area contributed by atoms with Crippen LogP contribution in [0.2, 0.25) is 0 Å². The first-order valence-electron chi connectivity index (χ1n) is 10.1. The molecule has 1 amide bonds. The van der Waals surface area contributed by atoms with Crippen molar-refractivity contribution in [2.24, 2.45) is 5.92 Å². The maximum absolute atomic E-state index is 14.1. The molecule has 1 aromatic carbocycles. The van der Waals surface area contributed by atoms with Crippen molar-refractivity contribution in [3.05, 3.63) is 35.6 Å². The Kier molecular flexibility index (Phi) is 6.02. The number of piperidine rings is 1. The van der Waals surface area contributed by atoms with Crippen LogP contribution in [0.4, 0.5) is 21.0 Å². The third-order valence-electron chi connectivity index (χ3n) is 5.37. The number of anilines is 2. The molecule has 0 spiro atoms. The molecule has 2 heterocycles. The van der Waals surface area contributed by atoms with E-state index in [4.69, 9.17) is 11.0 Å². The summed E-state index contributed by atoms with van der Waals surface area (Å²) in [4.78, 5) is 24.1. The number of halogens is 1. The second kappa shape index (κ2) is 8.38. The maximum Gasteiger partial charge on any atom is 0.408 e. The fraction of sp³-hybridized carbons (Fsp3) is 0.455. The van der Waals surface area contributed by atoms with Crippen molar-refractivity contribution in [1.29, 1.82) is 5.26 Å². The molecular formula is C22H27FN6O2. The highest BCUT2D eigenvalue weighted by atomic mass is 19.1. The van der Waals surface area contributed by atoms with E-state index in [0.717, 1.165) is 6.42 Å². The Bertz CT molecular complexity index is 1030. The van der Waals surface area contributed by atoms with E-state index in [1.807, 2.05) is 25.7 Å². The SMILES string of the molecule is C[C@@H]1C[C@@H](N(C(=O)O)C(C)(C)C)CN(c2cc(-c3ccc(C#N)c(F)c3)nc(N)n2)C1. The summed E-state index contributed by atoms with van der Waals surface area (Å²) in [6.07, 6.45) is -0.212. The van der Waals surface area contributed by atoms with Gasteiger partial charge < -0.3 is 15.7 Å². The van der Waals surface area contributed by atoms with Crippen LogP contribution in [-0.2, 0) is 0 Å². The van der Waals surface area contributed by atoms with Crippen LogP contribution in [0.15, 0.2) is 24.3 Å². The van der Waals surface area contributed by atoms with Gasteiger partial charge in [0, 0.05) is 30.3 Å². The lowest BCUT2D eigenvalue weighted by molar-refractivity contribution is 0.0587. The zero-order chi connectivity index (χ0) is 22.9. The predicted molar refractivity (Wildman–Crippen MR) is 116 cm³/mol. The fourth-order valence-corrected chi connectivity index (χ4v) is 4.21. The zero-order valence-corrected chi connectivity index (χ0v) is 18.1. The lowest BCUT2D eigenvalue weighted by atomic mass is 9.92. The molecule has 0 saturated carbocycles. The number of benzene rings is 1. The number of nitrogens with two attached hydrogens (primary N) is 1. The highest BCUT2D eigenvalue weighted by molar-refractivity contribution is 5.67. The molecule has 1 saturated heterocycles. The van der Waals surface area contributed by atoms with Gasteiger partial charge in [0.05, 0.1) is 17.3 Å². The monoisotopic (exact) mass is 426 g/mol. The average Bonchev–Trinajstić information content (AvgIpc) is 2.65. The number of nitriles is 1.